The highest BCUT2D eigenvalue weighted by Gasteiger charge is 2.51. The van der Waals surface area contributed by atoms with Crippen LogP contribution in [0.3, 0.4) is 0 Å². The molecule has 0 amide bonds. The van der Waals surface area contributed by atoms with Crippen molar-refractivity contribution in [3.05, 3.63) is 85.0 Å². The van der Waals surface area contributed by atoms with E-state index in [0.717, 1.165) is 28.5 Å². The number of esters is 1. The highest BCUT2D eigenvalue weighted by Crippen LogP contribution is 2.60. The Bertz CT molecular complexity index is 1540. The van der Waals surface area contributed by atoms with E-state index in [9.17, 15) is 19.5 Å². The van der Waals surface area contributed by atoms with Crippen LogP contribution >= 0.6 is 11.6 Å². The summed E-state index contributed by atoms with van der Waals surface area (Å²) in [4.78, 5) is 43.7. The predicted molar refractivity (Wildman–Crippen MR) is 144 cm³/mol. The number of H-pyrrole nitrogens is 1. The Morgan fingerprint density at radius 3 is 2.32 bits per heavy atom. The molecule has 0 radical (unpaired) electrons. The second-order valence-corrected chi connectivity index (χ2v) is 11.4. The van der Waals surface area contributed by atoms with Gasteiger partial charge in [-0.15, -0.1) is 0 Å². The van der Waals surface area contributed by atoms with E-state index in [1.54, 1.807) is 6.07 Å². The summed E-state index contributed by atoms with van der Waals surface area (Å²) >= 11 is 6.06. The number of benzene rings is 2. The molecule has 0 atom stereocenters. The van der Waals surface area contributed by atoms with E-state index in [1.165, 1.54) is 63.3 Å². The molecule has 1 heterocycles. The third-order valence-corrected chi connectivity index (χ3v) is 8.92. The van der Waals surface area contributed by atoms with Crippen LogP contribution in [0, 0.1) is 17.8 Å². The first-order chi connectivity index (χ1) is 18.3. The Balaban J connectivity index is 1.32. The number of hydrogen-bond acceptors (Lipinski definition) is 6. The standard InChI is InChI=1S/C29H28ClN3O5/c1-38-27(36)22-11-20(4-7-24(22)30)31-15-23-25(34)32-28(37)33(26(23)35)21-5-2-19(3-6-21)29-12-16-8-17(13-29)10-18(9-16)14-29/h2-7,11,15-18,35H,8-10,12-14H2,1H3,(H,32,34,37). The topological polar surface area (TPSA) is 114 Å². The fourth-order valence-electron chi connectivity index (χ4n) is 7.32. The molecule has 9 heteroatoms. The Morgan fingerprint density at radius 2 is 1.71 bits per heavy atom. The molecular weight excluding hydrogens is 506 g/mol. The molecule has 0 aliphatic heterocycles. The van der Waals surface area contributed by atoms with Crippen LogP contribution in [-0.4, -0.2) is 34.0 Å². The van der Waals surface area contributed by atoms with Crippen LogP contribution in [0.15, 0.2) is 57.0 Å². The van der Waals surface area contributed by atoms with Gasteiger partial charge in [0.2, 0.25) is 5.88 Å². The molecule has 4 aliphatic carbocycles. The van der Waals surface area contributed by atoms with Crippen LogP contribution in [0.4, 0.5) is 5.69 Å². The number of aliphatic imine (C=N–C) groups is 1. The van der Waals surface area contributed by atoms with Crippen molar-refractivity contribution in [3.63, 3.8) is 0 Å². The molecule has 0 spiro atoms. The van der Waals surface area contributed by atoms with Gasteiger partial charge in [0.1, 0.15) is 5.56 Å². The van der Waals surface area contributed by atoms with Crippen molar-refractivity contribution in [2.45, 2.75) is 43.9 Å². The first-order valence-corrected chi connectivity index (χ1v) is 13.3. The summed E-state index contributed by atoms with van der Waals surface area (Å²) in [5, 5.41) is 11.2. The molecule has 7 rings (SSSR count). The molecule has 38 heavy (non-hydrogen) atoms. The van der Waals surface area contributed by atoms with Gasteiger partial charge in [-0.25, -0.2) is 14.2 Å². The van der Waals surface area contributed by atoms with Crippen LogP contribution in [0.5, 0.6) is 5.88 Å². The minimum absolute atomic E-state index is 0.117. The van der Waals surface area contributed by atoms with E-state index in [4.69, 9.17) is 16.3 Å². The van der Waals surface area contributed by atoms with E-state index in [-0.39, 0.29) is 21.6 Å². The van der Waals surface area contributed by atoms with Crippen LogP contribution in [-0.2, 0) is 10.2 Å². The first-order valence-electron chi connectivity index (χ1n) is 12.9. The van der Waals surface area contributed by atoms with Gasteiger partial charge in [0.15, 0.2) is 0 Å². The SMILES string of the molecule is COC(=O)c1cc(N=Cc2c(O)n(-c3ccc(C45CC6CC(CC(C6)C4)C5)cc3)c(=O)[nH]c2=O)ccc1Cl. The van der Waals surface area contributed by atoms with Crippen LogP contribution in [0.2, 0.25) is 5.02 Å². The van der Waals surface area contributed by atoms with E-state index in [2.05, 4.69) is 22.1 Å². The van der Waals surface area contributed by atoms with Gasteiger partial charge >= 0.3 is 11.7 Å². The van der Waals surface area contributed by atoms with Crippen molar-refractivity contribution in [2.24, 2.45) is 22.7 Å². The number of aromatic nitrogens is 2. The molecule has 1 aromatic heterocycles. The van der Waals surface area contributed by atoms with Gasteiger partial charge in [-0.3, -0.25) is 14.8 Å². The van der Waals surface area contributed by atoms with Gasteiger partial charge in [-0.05, 0) is 97.6 Å². The van der Waals surface area contributed by atoms with E-state index < -0.39 is 23.1 Å². The minimum Gasteiger partial charge on any atom is -0.493 e. The number of aromatic hydroxyl groups is 1. The van der Waals surface area contributed by atoms with Gasteiger partial charge in [0.05, 0.1) is 29.1 Å². The number of hydrogen-bond donors (Lipinski definition) is 2. The molecule has 4 fully saturated rings. The summed E-state index contributed by atoms with van der Waals surface area (Å²) in [7, 11) is 1.24. The number of ether oxygens (including phenoxy) is 1. The second-order valence-electron chi connectivity index (χ2n) is 11.0. The summed E-state index contributed by atoms with van der Waals surface area (Å²) in [5.74, 6) is 1.31. The molecule has 196 valence electrons. The third-order valence-electron chi connectivity index (χ3n) is 8.59. The predicted octanol–water partition coefficient (Wildman–Crippen LogP) is 4.89. The molecule has 2 N–H and O–H groups in total. The highest BCUT2D eigenvalue weighted by molar-refractivity contribution is 6.33. The molecule has 0 saturated heterocycles. The van der Waals surface area contributed by atoms with Gasteiger partial charge < -0.3 is 9.84 Å². The Labute approximate surface area is 224 Å². The number of methoxy groups -OCH3 is 1. The van der Waals surface area contributed by atoms with Crippen molar-refractivity contribution in [3.8, 4) is 11.6 Å². The fraction of sp³-hybridized carbons (Fsp3) is 0.379. The molecular formula is C29H28ClN3O5. The summed E-state index contributed by atoms with van der Waals surface area (Å²) in [6.45, 7) is 0. The van der Waals surface area contributed by atoms with Crippen LogP contribution in [0.1, 0.15) is 60.0 Å². The lowest BCUT2D eigenvalue weighted by atomic mass is 9.48. The fourth-order valence-corrected chi connectivity index (χ4v) is 7.52. The van der Waals surface area contributed by atoms with Crippen LogP contribution in [0.25, 0.3) is 5.69 Å². The lowest BCUT2D eigenvalue weighted by molar-refractivity contribution is -0.00518. The third kappa shape index (κ3) is 4.17. The largest absolute Gasteiger partial charge is 0.493 e. The zero-order valence-electron chi connectivity index (χ0n) is 20.9. The number of nitrogens with zero attached hydrogens (tertiary/aromatic N) is 2. The van der Waals surface area contributed by atoms with E-state index >= 15 is 0 Å². The summed E-state index contributed by atoms with van der Waals surface area (Å²) < 4.78 is 5.78. The number of rotatable bonds is 5. The summed E-state index contributed by atoms with van der Waals surface area (Å²) in [5.41, 5.74) is 0.674. The zero-order chi connectivity index (χ0) is 26.6. The Hall–Kier alpha value is -3.65. The van der Waals surface area contributed by atoms with E-state index in [0.29, 0.717) is 11.4 Å². The van der Waals surface area contributed by atoms with Crippen molar-refractivity contribution in [1.82, 2.24) is 9.55 Å². The first kappa shape index (κ1) is 24.7. The Morgan fingerprint density at radius 1 is 1.08 bits per heavy atom. The maximum Gasteiger partial charge on any atom is 0.339 e. The highest BCUT2D eigenvalue weighted by atomic mass is 35.5. The van der Waals surface area contributed by atoms with Crippen molar-refractivity contribution in [1.29, 1.82) is 0 Å². The number of aromatic amines is 1. The second kappa shape index (κ2) is 9.27. The smallest absolute Gasteiger partial charge is 0.339 e. The van der Waals surface area contributed by atoms with Gasteiger partial charge in [-0.1, -0.05) is 23.7 Å². The molecule has 8 nitrogen and oxygen atoms in total. The van der Waals surface area contributed by atoms with E-state index in [1.807, 2.05) is 12.1 Å². The molecule has 4 saturated carbocycles. The summed E-state index contributed by atoms with van der Waals surface area (Å²) in [6, 6.07) is 12.2. The zero-order valence-corrected chi connectivity index (χ0v) is 21.7. The van der Waals surface area contributed by atoms with Gasteiger partial charge in [0, 0.05) is 6.21 Å². The van der Waals surface area contributed by atoms with Crippen molar-refractivity contribution < 1.29 is 14.6 Å². The van der Waals surface area contributed by atoms with Gasteiger partial charge in [0.25, 0.3) is 5.56 Å². The number of halogens is 1. The minimum atomic E-state index is -0.778. The maximum atomic E-state index is 12.7. The molecule has 3 aromatic rings. The number of carbonyl (C=O) groups excluding carboxylic acids is 1. The average molecular weight is 534 g/mol. The quantitative estimate of drug-likeness (QED) is 0.358. The van der Waals surface area contributed by atoms with Crippen molar-refractivity contribution in [2.75, 3.05) is 7.11 Å². The van der Waals surface area contributed by atoms with Gasteiger partial charge in [-0.2, -0.15) is 0 Å². The summed E-state index contributed by atoms with van der Waals surface area (Å²) in [6.07, 6.45) is 8.92. The molecule has 2 aromatic carbocycles. The molecule has 4 bridgehead atoms. The Kier molecular flexibility index (Phi) is 6.02. The van der Waals surface area contributed by atoms with Crippen molar-refractivity contribution >= 4 is 29.5 Å². The normalized spacial score (nSPS) is 25.7. The number of carbonyl (C=O) groups is 1. The lowest BCUT2D eigenvalue weighted by Gasteiger charge is -2.57. The van der Waals surface area contributed by atoms with Crippen LogP contribution < -0.4 is 11.2 Å². The molecule has 4 aliphatic rings. The average Bonchev–Trinajstić information content (AvgIpc) is 2.88. The lowest BCUT2D eigenvalue weighted by Crippen LogP contribution is -2.48. The number of nitrogens with one attached hydrogen (secondary N) is 1. The molecule has 0 unspecified atom stereocenters. The monoisotopic (exact) mass is 533 g/mol. The maximum absolute atomic E-state index is 12.7.